The summed E-state index contributed by atoms with van der Waals surface area (Å²) in [5, 5.41) is 10.6. The Morgan fingerprint density at radius 2 is 2.11 bits per heavy atom. The smallest absolute Gasteiger partial charge is 0.184 e. The number of hydrogen-bond donors (Lipinski definition) is 0. The van der Waals surface area contributed by atoms with Crippen LogP contribution in [-0.2, 0) is 5.11 Å². The number of hydrogen-bond acceptors (Lipinski definition) is 0. The van der Waals surface area contributed by atoms with Crippen molar-refractivity contribution in [2.45, 2.75) is 6.92 Å². The van der Waals surface area contributed by atoms with Gasteiger partial charge in [0.05, 0.1) is 0 Å². The van der Waals surface area contributed by atoms with Crippen LogP contribution in [-0.4, -0.2) is 0 Å². The fraction of sp³-hybridized carbons (Fsp3) is 0.143. The highest BCUT2D eigenvalue weighted by molar-refractivity contribution is 5.30. The van der Waals surface area contributed by atoms with Gasteiger partial charge < -0.3 is 0 Å². The molecule has 0 heterocycles. The molecule has 0 saturated heterocycles. The molecule has 0 unspecified atom stereocenters. The average molecular weight is 125 g/mol. The first kappa shape index (κ1) is 6.08. The summed E-state index contributed by atoms with van der Waals surface area (Å²) in [6.07, 6.45) is 0. The number of rotatable bonds is 0. The Kier molecular flexibility index (Phi) is 1.39. The van der Waals surface area contributed by atoms with Crippen LogP contribution in [0.2, 0.25) is 0 Å². The predicted molar refractivity (Wildman–Crippen MR) is 31.3 cm³/mol. The van der Waals surface area contributed by atoms with Crippen LogP contribution in [0.1, 0.15) is 5.56 Å². The van der Waals surface area contributed by atoms with Gasteiger partial charge in [-0.1, -0.05) is 6.07 Å². The minimum Gasteiger partial charge on any atom is -0.290 e. The lowest BCUT2D eigenvalue weighted by Gasteiger charge is -1.91. The Hall–Kier alpha value is -1.05. The maximum absolute atomic E-state index is 12.1. The van der Waals surface area contributed by atoms with Crippen LogP contribution in [0.5, 0.6) is 5.75 Å². The van der Waals surface area contributed by atoms with Gasteiger partial charge >= 0.3 is 0 Å². The lowest BCUT2D eigenvalue weighted by atomic mass is 10.2. The SMILES string of the molecule is Cc1ccc(F)cc1[O]. The summed E-state index contributed by atoms with van der Waals surface area (Å²) in [7, 11) is 0. The molecule has 0 bridgehead atoms. The Labute approximate surface area is 52.8 Å². The minimum absolute atomic E-state index is 0.241. The molecule has 1 aromatic rings. The van der Waals surface area contributed by atoms with Gasteiger partial charge in [0.2, 0.25) is 0 Å². The van der Waals surface area contributed by atoms with Crippen molar-refractivity contribution < 1.29 is 9.50 Å². The summed E-state index contributed by atoms with van der Waals surface area (Å²) < 4.78 is 12.1. The Balaban J connectivity index is 3.17. The van der Waals surface area contributed by atoms with Gasteiger partial charge in [-0.15, -0.1) is 0 Å². The molecular formula is C7H6FO. The molecule has 0 aliphatic heterocycles. The summed E-state index contributed by atoms with van der Waals surface area (Å²) in [5.74, 6) is -0.708. The van der Waals surface area contributed by atoms with Crippen molar-refractivity contribution in [2.24, 2.45) is 0 Å². The minimum atomic E-state index is -0.467. The Bertz CT molecular complexity index is 220. The molecule has 2 heteroatoms. The molecule has 1 aromatic carbocycles. The maximum atomic E-state index is 12.1. The molecule has 0 amide bonds. The first-order valence-electron chi connectivity index (χ1n) is 2.63. The first-order chi connectivity index (χ1) is 4.20. The summed E-state index contributed by atoms with van der Waals surface area (Å²) >= 11 is 0. The molecule has 0 aromatic heterocycles. The van der Waals surface area contributed by atoms with Gasteiger partial charge in [0.25, 0.3) is 0 Å². The number of halogens is 1. The molecule has 0 atom stereocenters. The lowest BCUT2D eigenvalue weighted by Crippen LogP contribution is -1.74. The molecule has 0 saturated carbocycles. The molecule has 0 spiro atoms. The molecule has 0 aliphatic rings. The zero-order valence-corrected chi connectivity index (χ0v) is 5.02. The van der Waals surface area contributed by atoms with E-state index >= 15 is 0 Å². The fourth-order valence-electron chi connectivity index (χ4n) is 0.574. The normalized spacial score (nSPS) is 9.56. The third kappa shape index (κ3) is 1.19. The third-order valence-electron chi connectivity index (χ3n) is 1.15. The van der Waals surface area contributed by atoms with Crippen molar-refractivity contribution in [1.82, 2.24) is 0 Å². The van der Waals surface area contributed by atoms with Crippen LogP contribution in [0, 0.1) is 12.7 Å². The first-order valence-corrected chi connectivity index (χ1v) is 2.63. The molecule has 0 aliphatic carbocycles. The van der Waals surface area contributed by atoms with Crippen molar-refractivity contribution in [3.8, 4) is 5.75 Å². The molecule has 1 radical (unpaired) electrons. The monoisotopic (exact) mass is 125 g/mol. The van der Waals surface area contributed by atoms with Crippen molar-refractivity contribution in [3.05, 3.63) is 29.6 Å². The molecule has 9 heavy (non-hydrogen) atoms. The molecular weight excluding hydrogens is 119 g/mol. The molecule has 0 N–H and O–H groups in total. The van der Waals surface area contributed by atoms with E-state index in [2.05, 4.69) is 0 Å². The molecule has 47 valence electrons. The standard InChI is InChI=1S/C7H6FO/c1-5-2-3-6(8)4-7(5)9/h2-4H,1H3. The summed E-state index contributed by atoms with van der Waals surface area (Å²) in [6.45, 7) is 1.65. The summed E-state index contributed by atoms with van der Waals surface area (Å²) in [6, 6.07) is 3.73. The largest absolute Gasteiger partial charge is 0.290 e. The van der Waals surface area contributed by atoms with Crippen molar-refractivity contribution >= 4 is 0 Å². The van der Waals surface area contributed by atoms with Gasteiger partial charge in [-0.3, -0.25) is 5.11 Å². The van der Waals surface area contributed by atoms with Gasteiger partial charge in [-0.05, 0) is 18.6 Å². The van der Waals surface area contributed by atoms with Crippen LogP contribution >= 0.6 is 0 Å². The van der Waals surface area contributed by atoms with E-state index in [1.165, 1.54) is 12.1 Å². The van der Waals surface area contributed by atoms with E-state index in [-0.39, 0.29) is 5.75 Å². The van der Waals surface area contributed by atoms with Gasteiger partial charge in [-0.25, -0.2) is 4.39 Å². The maximum Gasteiger partial charge on any atom is 0.184 e. The predicted octanol–water partition coefficient (Wildman–Crippen LogP) is 2.28. The van der Waals surface area contributed by atoms with E-state index in [0.29, 0.717) is 5.56 Å². The van der Waals surface area contributed by atoms with Crippen molar-refractivity contribution in [3.63, 3.8) is 0 Å². The number of benzene rings is 1. The zero-order chi connectivity index (χ0) is 6.85. The highest BCUT2D eigenvalue weighted by Gasteiger charge is 1.97. The second-order valence-corrected chi connectivity index (χ2v) is 1.91. The molecule has 1 nitrogen and oxygen atoms in total. The topological polar surface area (TPSA) is 19.9 Å². The molecule has 0 fully saturated rings. The van der Waals surface area contributed by atoms with E-state index < -0.39 is 5.82 Å². The second-order valence-electron chi connectivity index (χ2n) is 1.91. The zero-order valence-electron chi connectivity index (χ0n) is 5.02. The van der Waals surface area contributed by atoms with Gasteiger partial charge in [-0.2, -0.15) is 0 Å². The highest BCUT2D eigenvalue weighted by Crippen LogP contribution is 2.16. The Morgan fingerprint density at radius 1 is 1.44 bits per heavy atom. The summed E-state index contributed by atoms with van der Waals surface area (Å²) in [5.41, 5.74) is 0.580. The van der Waals surface area contributed by atoms with Gasteiger partial charge in [0, 0.05) is 6.07 Å². The van der Waals surface area contributed by atoms with E-state index in [9.17, 15) is 9.50 Å². The van der Waals surface area contributed by atoms with Crippen LogP contribution in [0.25, 0.3) is 0 Å². The summed E-state index contributed by atoms with van der Waals surface area (Å²) in [4.78, 5) is 0. The van der Waals surface area contributed by atoms with Gasteiger partial charge in [0.15, 0.2) is 5.75 Å². The van der Waals surface area contributed by atoms with E-state index in [1.807, 2.05) is 0 Å². The van der Waals surface area contributed by atoms with E-state index in [1.54, 1.807) is 6.92 Å². The fourth-order valence-corrected chi connectivity index (χ4v) is 0.574. The van der Waals surface area contributed by atoms with Crippen LogP contribution in [0.15, 0.2) is 18.2 Å². The van der Waals surface area contributed by atoms with Crippen LogP contribution in [0.3, 0.4) is 0 Å². The van der Waals surface area contributed by atoms with E-state index in [0.717, 1.165) is 6.07 Å². The number of aryl methyl sites for hydroxylation is 1. The quantitative estimate of drug-likeness (QED) is 0.507. The van der Waals surface area contributed by atoms with Gasteiger partial charge in [0.1, 0.15) is 5.82 Å². The average Bonchev–Trinajstić information content (AvgIpc) is 1.80. The van der Waals surface area contributed by atoms with E-state index in [4.69, 9.17) is 0 Å². The van der Waals surface area contributed by atoms with Crippen LogP contribution in [0.4, 0.5) is 4.39 Å². The Morgan fingerprint density at radius 3 is 2.56 bits per heavy atom. The highest BCUT2D eigenvalue weighted by atomic mass is 19.1. The van der Waals surface area contributed by atoms with Crippen molar-refractivity contribution in [1.29, 1.82) is 0 Å². The van der Waals surface area contributed by atoms with Crippen molar-refractivity contribution in [2.75, 3.05) is 0 Å². The lowest BCUT2D eigenvalue weighted by molar-refractivity contribution is 0.349. The molecule has 1 rings (SSSR count). The van der Waals surface area contributed by atoms with Crippen LogP contribution < -0.4 is 0 Å². The third-order valence-corrected chi connectivity index (χ3v) is 1.15. The second kappa shape index (κ2) is 2.05.